The molecular weight excluding hydrogens is 294 g/mol. The van der Waals surface area contributed by atoms with Crippen molar-refractivity contribution in [1.29, 1.82) is 0 Å². The fourth-order valence-corrected chi connectivity index (χ4v) is 2.20. The fourth-order valence-electron chi connectivity index (χ4n) is 1.49. The van der Waals surface area contributed by atoms with Gasteiger partial charge in [-0.1, -0.05) is 0 Å². The second-order valence-corrected chi connectivity index (χ2v) is 5.06. The van der Waals surface area contributed by atoms with Crippen LogP contribution in [-0.4, -0.2) is 45.5 Å². The Morgan fingerprint density at radius 2 is 2.10 bits per heavy atom. The first-order valence-corrected chi connectivity index (χ1v) is 6.87. The third kappa shape index (κ3) is 4.21. The summed E-state index contributed by atoms with van der Waals surface area (Å²) in [7, 11) is 1.71. The standard InChI is InChI=1S/C12H13N5O3S/c1-17(12-13-3-2-4-14-12)6-9(18)15-5-10-16-8(7-21-10)11(19)20/h2-4,7H,5-6H2,1H3,(H,15,18)(H,19,20). The Hall–Kier alpha value is -2.55. The first-order valence-electron chi connectivity index (χ1n) is 5.99. The summed E-state index contributed by atoms with van der Waals surface area (Å²) >= 11 is 1.19. The number of anilines is 1. The predicted octanol–water partition coefficient (Wildman–Crippen LogP) is 0.384. The molecule has 2 aromatic heterocycles. The topological polar surface area (TPSA) is 108 Å². The van der Waals surface area contributed by atoms with E-state index in [-0.39, 0.29) is 24.7 Å². The Kier molecular flexibility index (Phi) is 4.77. The second kappa shape index (κ2) is 6.75. The lowest BCUT2D eigenvalue weighted by Gasteiger charge is -2.15. The normalized spacial score (nSPS) is 10.1. The average Bonchev–Trinajstić information content (AvgIpc) is 2.95. The number of aromatic nitrogens is 3. The van der Waals surface area contributed by atoms with Gasteiger partial charge in [0.15, 0.2) is 5.69 Å². The number of carbonyl (C=O) groups excluding carboxylic acids is 1. The van der Waals surface area contributed by atoms with Crippen molar-refractivity contribution in [3.05, 3.63) is 34.5 Å². The van der Waals surface area contributed by atoms with Crippen molar-refractivity contribution in [2.24, 2.45) is 0 Å². The zero-order valence-corrected chi connectivity index (χ0v) is 12.0. The lowest BCUT2D eigenvalue weighted by molar-refractivity contribution is -0.119. The fraction of sp³-hybridized carbons (Fsp3) is 0.250. The number of aromatic carboxylic acids is 1. The summed E-state index contributed by atoms with van der Waals surface area (Å²) in [6.45, 7) is 0.293. The van der Waals surface area contributed by atoms with Crippen LogP contribution in [0.15, 0.2) is 23.8 Å². The molecule has 0 saturated carbocycles. The SMILES string of the molecule is CN(CC(=O)NCc1nc(C(=O)O)cs1)c1ncccn1. The van der Waals surface area contributed by atoms with Crippen molar-refractivity contribution in [3.63, 3.8) is 0 Å². The van der Waals surface area contributed by atoms with Crippen LogP contribution in [0.1, 0.15) is 15.5 Å². The van der Waals surface area contributed by atoms with Crippen LogP contribution in [0.25, 0.3) is 0 Å². The van der Waals surface area contributed by atoms with Crippen LogP contribution >= 0.6 is 11.3 Å². The highest BCUT2D eigenvalue weighted by molar-refractivity contribution is 7.09. The number of hydrogen-bond donors (Lipinski definition) is 2. The molecule has 2 aromatic rings. The van der Waals surface area contributed by atoms with E-state index < -0.39 is 5.97 Å². The number of carboxylic acid groups (broad SMARTS) is 1. The first-order chi connectivity index (χ1) is 10.1. The molecule has 8 nitrogen and oxygen atoms in total. The Bertz CT molecular complexity index is 631. The minimum absolute atomic E-state index is 0.0148. The van der Waals surface area contributed by atoms with Gasteiger partial charge in [0.25, 0.3) is 0 Å². The number of hydrogen-bond acceptors (Lipinski definition) is 7. The van der Waals surface area contributed by atoms with E-state index in [0.717, 1.165) is 0 Å². The number of likely N-dealkylation sites (N-methyl/N-ethyl adjacent to an activating group) is 1. The van der Waals surface area contributed by atoms with Crippen molar-refractivity contribution < 1.29 is 14.7 Å². The van der Waals surface area contributed by atoms with Gasteiger partial charge in [-0.25, -0.2) is 19.7 Å². The average molecular weight is 307 g/mol. The van der Waals surface area contributed by atoms with Gasteiger partial charge in [0, 0.05) is 24.8 Å². The molecule has 2 N–H and O–H groups in total. The van der Waals surface area contributed by atoms with Crippen LogP contribution in [0.4, 0.5) is 5.95 Å². The van der Waals surface area contributed by atoms with E-state index in [4.69, 9.17) is 5.11 Å². The number of carboxylic acids is 1. The van der Waals surface area contributed by atoms with Gasteiger partial charge >= 0.3 is 5.97 Å². The summed E-state index contributed by atoms with van der Waals surface area (Å²) in [4.78, 5) is 36.0. The van der Waals surface area contributed by atoms with E-state index in [2.05, 4.69) is 20.3 Å². The quantitative estimate of drug-likeness (QED) is 0.794. The first kappa shape index (κ1) is 14.9. The Morgan fingerprint density at radius 1 is 1.38 bits per heavy atom. The van der Waals surface area contributed by atoms with Crippen LogP contribution in [0.3, 0.4) is 0 Å². The molecule has 9 heteroatoms. The summed E-state index contributed by atoms with van der Waals surface area (Å²) in [6.07, 6.45) is 3.19. The minimum Gasteiger partial charge on any atom is -0.476 e. The molecule has 0 fully saturated rings. The van der Waals surface area contributed by atoms with Gasteiger partial charge in [-0.15, -0.1) is 11.3 Å². The van der Waals surface area contributed by atoms with Gasteiger partial charge in [0.1, 0.15) is 5.01 Å². The molecule has 21 heavy (non-hydrogen) atoms. The van der Waals surface area contributed by atoms with Crippen LogP contribution < -0.4 is 10.2 Å². The van der Waals surface area contributed by atoms with Crippen LogP contribution in [-0.2, 0) is 11.3 Å². The van der Waals surface area contributed by atoms with Crippen molar-refractivity contribution >= 4 is 29.2 Å². The number of nitrogens with one attached hydrogen (secondary N) is 1. The summed E-state index contributed by atoms with van der Waals surface area (Å²) in [5.41, 5.74) is -0.0148. The summed E-state index contributed by atoms with van der Waals surface area (Å²) in [5, 5.41) is 13.4. The Morgan fingerprint density at radius 3 is 2.71 bits per heavy atom. The van der Waals surface area contributed by atoms with Crippen molar-refractivity contribution in [2.75, 3.05) is 18.5 Å². The molecule has 0 unspecified atom stereocenters. The minimum atomic E-state index is -1.08. The monoisotopic (exact) mass is 307 g/mol. The second-order valence-electron chi connectivity index (χ2n) is 4.11. The molecule has 0 aliphatic heterocycles. The number of thiazole rings is 1. The number of nitrogens with zero attached hydrogens (tertiary/aromatic N) is 4. The van der Waals surface area contributed by atoms with Gasteiger partial charge in [-0.05, 0) is 6.07 Å². The molecule has 0 bridgehead atoms. The number of amides is 1. The van der Waals surface area contributed by atoms with E-state index in [1.54, 1.807) is 30.4 Å². The van der Waals surface area contributed by atoms with Gasteiger partial charge in [0.2, 0.25) is 11.9 Å². The lowest BCUT2D eigenvalue weighted by atomic mass is 10.5. The molecule has 0 aliphatic carbocycles. The van der Waals surface area contributed by atoms with Gasteiger partial charge < -0.3 is 15.3 Å². The molecule has 0 atom stereocenters. The molecule has 0 aromatic carbocycles. The maximum Gasteiger partial charge on any atom is 0.355 e. The van der Waals surface area contributed by atoms with Gasteiger partial charge in [-0.2, -0.15) is 0 Å². The molecule has 110 valence electrons. The highest BCUT2D eigenvalue weighted by Gasteiger charge is 2.11. The molecule has 0 saturated heterocycles. The zero-order valence-electron chi connectivity index (χ0n) is 11.2. The highest BCUT2D eigenvalue weighted by atomic mass is 32.1. The number of rotatable bonds is 6. The van der Waals surface area contributed by atoms with Gasteiger partial charge in [0.05, 0.1) is 13.1 Å². The van der Waals surface area contributed by atoms with Crippen molar-refractivity contribution in [1.82, 2.24) is 20.3 Å². The van der Waals surface area contributed by atoms with Crippen LogP contribution in [0, 0.1) is 0 Å². The smallest absolute Gasteiger partial charge is 0.355 e. The van der Waals surface area contributed by atoms with Crippen molar-refractivity contribution in [2.45, 2.75) is 6.54 Å². The van der Waals surface area contributed by atoms with Crippen LogP contribution in [0.5, 0.6) is 0 Å². The molecule has 0 spiro atoms. The van der Waals surface area contributed by atoms with Crippen LogP contribution in [0.2, 0.25) is 0 Å². The molecule has 2 rings (SSSR count). The van der Waals surface area contributed by atoms with E-state index in [1.165, 1.54) is 16.7 Å². The third-order valence-electron chi connectivity index (χ3n) is 2.48. The van der Waals surface area contributed by atoms with E-state index in [0.29, 0.717) is 11.0 Å². The zero-order chi connectivity index (χ0) is 15.2. The van der Waals surface area contributed by atoms with E-state index >= 15 is 0 Å². The molecule has 2 heterocycles. The van der Waals surface area contributed by atoms with Crippen molar-refractivity contribution in [3.8, 4) is 0 Å². The maximum absolute atomic E-state index is 11.8. The third-order valence-corrected chi connectivity index (χ3v) is 3.33. The molecule has 0 radical (unpaired) electrons. The van der Waals surface area contributed by atoms with Gasteiger partial charge in [-0.3, -0.25) is 4.79 Å². The van der Waals surface area contributed by atoms with E-state index in [9.17, 15) is 9.59 Å². The number of carbonyl (C=O) groups is 2. The largest absolute Gasteiger partial charge is 0.476 e. The summed E-state index contributed by atoms with van der Waals surface area (Å²) < 4.78 is 0. The predicted molar refractivity (Wildman–Crippen MR) is 76.2 cm³/mol. The summed E-state index contributed by atoms with van der Waals surface area (Å²) in [6, 6.07) is 1.69. The maximum atomic E-state index is 11.8. The van der Waals surface area contributed by atoms with E-state index in [1.807, 2.05) is 0 Å². The Labute approximate surface area is 124 Å². The summed E-state index contributed by atoms with van der Waals surface area (Å²) in [5.74, 6) is -0.850. The molecular formula is C12H13N5O3S. The molecule has 0 aliphatic rings. The Balaban J connectivity index is 1.83. The lowest BCUT2D eigenvalue weighted by Crippen LogP contribution is -2.35. The highest BCUT2D eigenvalue weighted by Crippen LogP contribution is 2.09. The molecule has 1 amide bonds.